The molecule has 0 bridgehead atoms. The minimum atomic E-state index is -4.37. The number of phosphoric acid groups is 1. The van der Waals surface area contributed by atoms with Gasteiger partial charge in [0.25, 0.3) is 0 Å². The van der Waals surface area contributed by atoms with Crippen LogP contribution in [0.2, 0.25) is 0 Å². The lowest BCUT2D eigenvalue weighted by molar-refractivity contribution is -0.125. The molecule has 0 aliphatic heterocycles. The zero-order valence-corrected chi connectivity index (χ0v) is 33.4. The van der Waals surface area contributed by atoms with Crippen molar-refractivity contribution in [2.45, 2.75) is 218 Å². The first kappa shape index (κ1) is 49.2. The molecule has 9 nitrogen and oxygen atoms in total. The number of aliphatic hydroxyl groups is 2. The number of amides is 1. The van der Waals surface area contributed by atoms with Crippen molar-refractivity contribution in [1.82, 2.24) is 5.32 Å². The summed E-state index contributed by atoms with van der Waals surface area (Å²) in [6.07, 6.45) is 35.4. The van der Waals surface area contributed by atoms with Gasteiger partial charge in [-0.25, -0.2) is 4.57 Å². The molecule has 298 valence electrons. The lowest BCUT2D eigenvalue weighted by atomic mass is 10.0. The topological polar surface area (TPSA) is 151 Å². The average Bonchev–Trinajstić information content (AvgIpc) is 3.09. The fourth-order valence-corrected chi connectivity index (χ4v) is 6.99. The number of carbonyl (C=O) groups is 1. The first-order chi connectivity index (χ1) is 24.3. The minimum absolute atomic E-state index is 0.0592. The molecule has 0 aromatic heterocycles. The number of rotatable bonds is 39. The number of nitrogens with two attached hydrogens (primary N) is 1. The van der Waals surface area contributed by atoms with Gasteiger partial charge in [-0.15, -0.1) is 0 Å². The fourth-order valence-electron chi connectivity index (χ4n) is 6.23. The number of allylic oxidation sites excluding steroid dienone is 2. The first-order valence-electron chi connectivity index (χ1n) is 20.9. The van der Waals surface area contributed by atoms with Gasteiger partial charge < -0.3 is 26.2 Å². The highest BCUT2D eigenvalue weighted by molar-refractivity contribution is 7.47. The van der Waals surface area contributed by atoms with E-state index in [9.17, 15) is 24.5 Å². The molecule has 6 N–H and O–H groups in total. The summed E-state index contributed by atoms with van der Waals surface area (Å²) in [5.74, 6) is -0.423. The van der Waals surface area contributed by atoms with Gasteiger partial charge in [0.15, 0.2) is 0 Å². The highest BCUT2D eigenvalue weighted by atomic mass is 31.2. The summed E-state index contributed by atoms with van der Waals surface area (Å²) in [5.41, 5.74) is 5.36. The zero-order chi connectivity index (χ0) is 37.0. The maximum Gasteiger partial charge on any atom is 0.472 e. The maximum absolute atomic E-state index is 12.8. The second-order valence-corrected chi connectivity index (χ2v) is 15.8. The van der Waals surface area contributed by atoms with Gasteiger partial charge in [-0.1, -0.05) is 167 Å². The Bertz CT molecular complexity index is 817. The van der Waals surface area contributed by atoms with Crippen LogP contribution in [-0.2, 0) is 18.4 Å². The van der Waals surface area contributed by atoms with Crippen LogP contribution >= 0.6 is 7.82 Å². The van der Waals surface area contributed by atoms with Crippen molar-refractivity contribution >= 4 is 13.7 Å². The number of hydrogen-bond acceptors (Lipinski definition) is 7. The molecule has 0 saturated carbocycles. The van der Waals surface area contributed by atoms with Crippen molar-refractivity contribution in [3.63, 3.8) is 0 Å². The summed E-state index contributed by atoms with van der Waals surface area (Å²) in [6.45, 7) is 4.01. The van der Waals surface area contributed by atoms with Gasteiger partial charge in [0, 0.05) is 6.54 Å². The molecular formula is C40H81N2O7P. The number of nitrogens with one attached hydrogen (secondary N) is 1. The molecule has 0 aromatic carbocycles. The van der Waals surface area contributed by atoms with Crippen LogP contribution in [0, 0.1) is 0 Å². The van der Waals surface area contributed by atoms with E-state index in [-0.39, 0.29) is 26.2 Å². The van der Waals surface area contributed by atoms with E-state index in [0.29, 0.717) is 12.8 Å². The summed E-state index contributed by atoms with van der Waals surface area (Å²) in [4.78, 5) is 22.7. The molecule has 0 fully saturated rings. The molecule has 0 aliphatic carbocycles. The highest BCUT2D eigenvalue weighted by Gasteiger charge is 2.28. The van der Waals surface area contributed by atoms with E-state index >= 15 is 0 Å². The number of carbonyl (C=O) groups excluding carboxylic acids is 1. The third-order valence-corrected chi connectivity index (χ3v) is 10.4. The van der Waals surface area contributed by atoms with Crippen molar-refractivity contribution in [3.8, 4) is 0 Å². The Hall–Kier alpha value is -0.800. The monoisotopic (exact) mass is 733 g/mol. The summed E-state index contributed by atoms with van der Waals surface area (Å²) in [5, 5.41) is 24.1. The molecule has 0 rings (SSSR count). The number of aliphatic hydroxyl groups excluding tert-OH is 2. The summed E-state index contributed by atoms with van der Waals surface area (Å²) in [6, 6.07) is -0.897. The summed E-state index contributed by atoms with van der Waals surface area (Å²) >= 11 is 0. The molecule has 0 saturated heterocycles. The fraction of sp³-hybridized carbons (Fsp3) is 0.925. The average molecular weight is 733 g/mol. The Morgan fingerprint density at radius 2 is 1.08 bits per heavy atom. The largest absolute Gasteiger partial charge is 0.472 e. The molecule has 4 atom stereocenters. The Balaban J connectivity index is 4.27. The normalized spacial score (nSPS) is 14.9. The van der Waals surface area contributed by atoms with Gasteiger partial charge in [-0.2, -0.15) is 0 Å². The smallest absolute Gasteiger partial charge is 0.393 e. The predicted octanol–water partition coefficient (Wildman–Crippen LogP) is 10.2. The Kier molecular flexibility index (Phi) is 36.0. The lowest BCUT2D eigenvalue weighted by Crippen LogP contribution is -2.47. The number of phosphoric ester groups is 1. The molecule has 0 aromatic rings. The quantitative estimate of drug-likeness (QED) is 0.0238. The van der Waals surface area contributed by atoms with Crippen molar-refractivity contribution in [1.29, 1.82) is 0 Å². The van der Waals surface area contributed by atoms with Gasteiger partial charge in [0.2, 0.25) is 5.91 Å². The molecule has 0 aliphatic rings. The SMILES string of the molecule is CCCCC/C=C\CCCCCC(O)CC(=O)NC(COP(=O)(O)OCCN)C(O)CCCCCCCCCCCCCCCCCCCC. The number of hydrogen-bond donors (Lipinski definition) is 5. The minimum Gasteiger partial charge on any atom is -0.393 e. The van der Waals surface area contributed by atoms with E-state index in [4.69, 9.17) is 14.8 Å². The molecule has 10 heteroatoms. The summed E-state index contributed by atoms with van der Waals surface area (Å²) < 4.78 is 22.1. The van der Waals surface area contributed by atoms with Crippen LogP contribution in [0.4, 0.5) is 0 Å². The lowest BCUT2D eigenvalue weighted by Gasteiger charge is -2.25. The van der Waals surface area contributed by atoms with Crippen molar-refractivity contribution < 1.29 is 33.5 Å². The molecule has 50 heavy (non-hydrogen) atoms. The zero-order valence-electron chi connectivity index (χ0n) is 32.5. The van der Waals surface area contributed by atoms with Gasteiger partial charge in [-0.05, 0) is 38.5 Å². The van der Waals surface area contributed by atoms with Crippen molar-refractivity contribution in [2.75, 3.05) is 19.8 Å². The van der Waals surface area contributed by atoms with Crippen LogP contribution in [0.3, 0.4) is 0 Å². The molecular weight excluding hydrogens is 651 g/mol. The second-order valence-electron chi connectivity index (χ2n) is 14.4. The first-order valence-corrected chi connectivity index (χ1v) is 22.4. The van der Waals surface area contributed by atoms with Crippen LogP contribution in [-0.4, -0.2) is 59.0 Å². The summed E-state index contributed by atoms with van der Waals surface area (Å²) in [7, 11) is -4.37. The van der Waals surface area contributed by atoms with Crippen LogP contribution in [0.25, 0.3) is 0 Å². The van der Waals surface area contributed by atoms with Crippen molar-refractivity contribution in [2.24, 2.45) is 5.73 Å². The van der Waals surface area contributed by atoms with Gasteiger partial charge in [-0.3, -0.25) is 13.8 Å². The van der Waals surface area contributed by atoms with E-state index in [0.717, 1.165) is 51.4 Å². The third kappa shape index (κ3) is 34.3. The van der Waals surface area contributed by atoms with Crippen LogP contribution in [0.5, 0.6) is 0 Å². The Morgan fingerprint density at radius 1 is 0.660 bits per heavy atom. The van der Waals surface area contributed by atoms with Crippen LogP contribution < -0.4 is 11.1 Å². The van der Waals surface area contributed by atoms with Crippen molar-refractivity contribution in [3.05, 3.63) is 12.2 Å². The van der Waals surface area contributed by atoms with Crippen LogP contribution in [0.1, 0.15) is 200 Å². The Morgan fingerprint density at radius 3 is 1.58 bits per heavy atom. The van der Waals surface area contributed by atoms with Gasteiger partial charge in [0.05, 0.1) is 37.9 Å². The maximum atomic E-state index is 12.8. The van der Waals surface area contributed by atoms with Crippen LogP contribution in [0.15, 0.2) is 12.2 Å². The predicted molar refractivity (Wildman–Crippen MR) is 209 cm³/mol. The molecule has 0 spiro atoms. The van der Waals surface area contributed by atoms with E-state index in [2.05, 4.69) is 31.3 Å². The van der Waals surface area contributed by atoms with E-state index in [1.165, 1.54) is 116 Å². The third-order valence-electron chi connectivity index (χ3n) is 9.42. The van der Waals surface area contributed by atoms with Gasteiger partial charge in [0.1, 0.15) is 0 Å². The standard InChI is InChI=1S/C40H81N2O7P/c1-3-5-7-9-11-13-15-16-17-18-19-20-21-22-24-26-28-30-32-39(44)38(36-49-50(46,47)48-34-33-41)42-40(45)35-37(43)31-29-27-25-23-14-12-10-8-6-4-2/h12,14,37-39,43-44H,3-11,13,15-36,41H2,1-2H3,(H,42,45)(H,46,47)/b14-12-. The Labute approximate surface area is 307 Å². The molecule has 0 heterocycles. The van der Waals surface area contributed by atoms with E-state index in [1.807, 2.05) is 0 Å². The molecule has 0 radical (unpaired) electrons. The van der Waals surface area contributed by atoms with E-state index in [1.54, 1.807) is 0 Å². The molecule has 4 unspecified atom stereocenters. The van der Waals surface area contributed by atoms with Gasteiger partial charge >= 0.3 is 7.82 Å². The molecule has 1 amide bonds. The van der Waals surface area contributed by atoms with E-state index < -0.39 is 32.0 Å². The second kappa shape index (κ2) is 36.6. The highest BCUT2D eigenvalue weighted by Crippen LogP contribution is 2.43. The number of unbranched alkanes of at least 4 members (excludes halogenated alkanes) is 23.